The summed E-state index contributed by atoms with van der Waals surface area (Å²) in [5, 5.41) is 2.70. The lowest BCUT2D eigenvalue weighted by atomic mass is 10.1. The molecule has 0 bridgehead atoms. The summed E-state index contributed by atoms with van der Waals surface area (Å²) < 4.78 is 17.7. The molecule has 0 saturated heterocycles. The van der Waals surface area contributed by atoms with E-state index in [1.54, 1.807) is 24.3 Å². The van der Waals surface area contributed by atoms with Crippen LogP contribution in [0.2, 0.25) is 0 Å². The van der Waals surface area contributed by atoms with E-state index in [4.69, 9.17) is 0 Å². The predicted octanol–water partition coefficient (Wildman–Crippen LogP) is 2.57. The molecule has 0 unspecified atom stereocenters. The number of nitrogens with zero attached hydrogens (tertiary/aromatic N) is 1. The highest BCUT2D eigenvalue weighted by atomic mass is 19.1. The van der Waals surface area contributed by atoms with Gasteiger partial charge in [0.15, 0.2) is 0 Å². The lowest BCUT2D eigenvalue weighted by molar-refractivity contribution is -0.140. The number of carbonyl (C=O) groups is 2. The first-order valence-corrected chi connectivity index (χ1v) is 7.17. The number of pyridine rings is 1. The quantitative estimate of drug-likeness (QED) is 0.657. The van der Waals surface area contributed by atoms with Gasteiger partial charge in [0, 0.05) is 24.7 Å². The minimum Gasteiger partial charge on any atom is -0.469 e. The molecule has 6 heteroatoms. The highest BCUT2D eigenvalue weighted by Crippen LogP contribution is 2.17. The molecule has 0 aliphatic rings. The van der Waals surface area contributed by atoms with Gasteiger partial charge in [0.05, 0.1) is 18.4 Å². The number of esters is 1. The number of benzene rings is 1. The SMILES string of the molecule is COC(=O)CCCNC(=O)c1ccc(-c2cccc(F)c2)nc1. The Morgan fingerprint density at radius 3 is 2.74 bits per heavy atom. The molecule has 0 aliphatic carbocycles. The van der Waals surface area contributed by atoms with Crippen molar-refractivity contribution in [1.82, 2.24) is 10.3 Å². The van der Waals surface area contributed by atoms with Crippen molar-refractivity contribution in [3.63, 3.8) is 0 Å². The zero-order valence-electron chi connectivity index (χ0n) is 12.7. The Labute approximate surface area is 133 Å². The zero-order chi connectivity index (χ0) is 16.7. The van der Waals surface area contributed by atoms with Gasteiger partial charge in [-0.25, -0.2) is 4.39 Å². The Morgan fingerprint density at radius 2 is 2.09 bits per heavy atom. The summed E-state index contributed by atoms with van der Waals surface area (Å²) in [7, 11) is 1.33. The number of aromatic nitrogens is 1. The molecule has 0 atom stereocenters. The van der Waals surface area contributed by atoms with E-state index in [0.29, 0.717) is 29.8 Å². The molecule has 0 aliphatic heterocycles. The van der Waals surface area contributed by atoms with Crippen molar-refractivity contribution in [3.8, 4) is 11.3 Å². The maximum atomic E-state index is 13.2. The molecule has 2 rings (SSSR count). The van der Waals surface area contributed by atoms with Crippen molar-refractivity contribution in [2.45, 2.75) is 12.8 Å². The van der Waals surface area contributed by atoms with Gasteiger partial charge in [-0.05, 0) is 30.7 Å². The smallest absolute Gasteiger partial charge is 0.305 e. The summed E-state index contributed by atoms with van der Waals surface area (Å²) in [5.74, 6) is -0.912. The standard InChI is InChI=1S/C17H17FN2O3/c1-23-16(21)6-3-9-19-17(22)13-7-8-15(20-11-13)12-4-2-5-14(18)10-12/h2,4-5,7-8,10-11H,3,6,9H2,1H3,(H,19,22). The number of hydrogen-bond acceptors (Lipinski definition) is 4. The van der Waals surface area contributed by atoms with E-state index in [-0.39, 0.29) is 24.1 Å². The fourth-order valence-electron chi connectivity index (χ4n) is 1.99. The molecule has 23 heavy (non-hydrogen) atoms. The Morgan fingerprint density at radius 1 is 1.26 bits per heavy atom. The van der Waals surface area contributed by atoms with Crippen LogP contribution in [0.3, 0.4) is 0 Å². The second-order valence-corrected chi connectivity index (χ2v) is 4.88. The molecule has 0 spiro atoms. The minimum absolute atomic E-state index is 0.257. The molecule has 1 aromatic carbocycles. The first kappa shape index (κ1) is 16.6. The molecule has 5 nitrogen and oxygen atoms in total. The third-order valence-electron chi connectivity index (χ3n) is 3.22. The van der Waals surface area contributed by atoms with Crippen LogP contribution in [0, 0.1) is 5.82 Å². The second kappa shape index (κ2) is 8.03. The van der Waals surface area contributed by atoms with Gasteiger partial charge < -0.3 is 10.1 Å². The average molecular weight is 316 g/mol. The Bertz CT molecular complexity index is 686. The number of nitrogens with one attached hydrogen (secondary N) is 1. The number of halogens is 1. The van der Waals surface area contributed by atoms with Crippen molar-refractivity contribution < 1.29 is 18.7 Å². The molecule has 0 saturated carbocycles. The van der Waals surface area contributed by atoms with Crippen LogP contribution < -0.4 is 5.32 Å². The molecule has 120 valence electrons. The molecule has 1 aromatic heterocycles. The normalized spacial score (nSPS) is 10.2. The van der Waals surface area contributed by atoms with Crippen molar-refractivity contribution in [1.29, 1.82) is 0 Å². The van der Waals surface area contributed by atoms with E-state index in [9.17, 15) is 14.0 Å². The monoisotopic (exact) mass is 316 g/mol. The fraction of sp³-hybridized carbons (Fsp3) is 0.235. The van der Waals surface area contributed by atoms with Crippen molar-refractivity contribution in [3.05, 3.63) is 54.0 Å². The second-order valence-electron chi connectivity index (χ2n) is 4.88. The van der Waals surface area contributed by atoms with Crippen LogP contribution in [0.5, 0.6) is 0 Å². The fourth-order valence-corrected chi connectivity index (χ4v) is 1.99. The van der Waals surface area contributed by atoms with Crippen LogP contribution in [-0.2, 0) is 9.53 Å². The van der Waals surface area contributed by atoms with Crippen LogP contribution in [0.1, 0.15) is 23.2 Å². The average Bonchev–Trinajstić information content (AvgIpc) is 2.58. The number of amides is 1. The molecule has 1 N–H and O–H groups in total. The summed E-state index contributed by atoms with van der Waals surface area (Å²) in [4.78, 5) is 27.1. The van der Waals surface area contributed by atoms with Gasteiger partial charge in [-0.1, -0.05) is 12.1 Å². The van der Waals surface area contributed by atoms with Gasteiger partial charge in [0.25, 0.3) is 5.91 Å². The minimum atomic E-state index is -0.336. The number of hydrogen-bond donors (Lipinski definition) is 1. The highest BCUT2D eigenvalue weighted by Gasteiger charge is 2.07. The summed E-state index contributed by atoms with van der Waals surface area (Å²) in [5.41, 5.74) is 1.64. The summed E-state index contributed by atoms with van der Waals surface area (Å²) >= 11 is 0. The third kappa shape index (κ3) is 4.88. The summed E-state index contributed by atoms with van der Waals surface area (Å²) in [6, 6.07) is 9.39. The lowest BCUT2D eigenvalue weighted by Crippen LogP contribution is -2.25. The van der Waals surface area contributed by atoms with E-state index in [0.717, 1.165) is 0 Å². The van der Waals surface area contributed by atoms with E-state index < -0.39 is 0 Å². The topological polar surface area (TPSA) is 68.3 Å². The largest absolute Gasteiger partial charge is 0.469 e. The third-order valence-corrected chi connectivity index (χ3v) is 3.22. The number of rotatable bonds is 6. The first-order chi connectivity index (χ1) is 11.1. The molecule has 1 amide bonds. The molecule has 2 aromatic rings. The van der Waals surface area contributed by atoms with Crippen LogP contribution in [0.15, 0.2) is 42.6 Å². The Balaban J connectivity index is 1.91. The van der Waals surface area contributed by atoms with Gasteiger partial charge in [0.2, 0.25) is 0 Å². The number of carbonyl (C=O) groups excluding carboxylic acids is 2. The Hall–Kier alpha value is -2.76. The molecular formula is C17H17FN2O3. The highest BCUT2D eigenvalue weighted by molar-refractivity contribution is 5.94. The first-order valence-electron chi connectivity index (χ1n) is 7.17. The molecule has 1 heterocycles. The van der Waals surface area contributed by atoms with E-state index in [1.807, 2.05) is 0 Å². The van der Waals surface area contributed by atoms with Gasteiger partial charge in [-0.3, -0.25) is 14.6 Å². The predicted molar refractivity (Wildman–Crippen MR) is 83.2 cm³/mol. The number of ether oxygens (including phenoxy) is 1. The van der Waals surface area contributed by atoms with Gasteiger partial charge in [-0.15, -0.1) is 0 Å². The molecular weight excluding hydrogens is 299 g/mol. The van der Waals surface area contributed by atoms with E-state index >= 15 is 0 Å². The maximum Gasteiger partial charge on any atom is 0.305 e. The van der Waals surface area contributed by atoms with E-state index in [1.165, 1.54) is 25.4 Å². The van der Waals surface area contributed by atoms with Gasteiger partial charge in [0.1, 0.15) is 5.82 Å². The van der Waals surface area contributed by atoms with Crippen LogP contribution in [0.25, 0.3) is 11.3 Å². The van der Waals surface area contributed by atoms with Crippen molar-refractivity contribution in [2.75, 3.05) is 13.7 Å². The molecule has 0 radical (unpaired) electrons. The van der Waals surface area contributed by atoms with Gasteiger partial charge >= 0.3 is 5.97 Å². The zero-order valence-corrected chi connectivity index (χ0v) is 12.7. The summed E-state index contributed by atoms with van der Waals surface area (Å²) in [6.07, 6.45) is 2.20. The number of methoxy groups -OCH3 is 1. The van der Waals surface area contributed by atoms with Crippen molar-refractivity contribution in [2.24, 2.45) is 0 Å². The maximum absolute atomic E-state index is 13.2. The molecule has 0 fully saturated rings. The van der Waals surface area contributed by atoms with Crippen molar-refractivity contribution >= 4 is 11.9 Å². The van der Waals surface area contributed by atoms with Crippen LogP contribution in [0.4, 0.5) is 4.39 Å². The summed E-state index contributed by atoms with van der Waals surface area (Å²) in [6.45, 7) is 0.375. The van der Waals surface area contributed by atoms with Crippen LogP contribution in [-0.4, -0.2) is 30.5 Å². The Kier molecular flexibility index (Phi) is 5.80. The lowest BCUT2D eigenvalue weighted by Gasteiger charge is -2.06. The van der Waals surface area contributed by atoms with E-state index in [2.05, 4.69) is 15.0 Å². The van der Waals surface area contributed by atoms with Gasteiger partial charge in [-0.2, -0.15) is 0 Å². The van der Waals surface area contributed by atoms with Crippen LogP contribution >= 0.6 is 0 Å².